The number of hydrogen-bond acceptors (Lipinski definition) is 4. The lowest BCUT2D eigenvalue weighted by molar-refractivity contribution is 0.624. The van der Waals surface area contributed by atoms with E-state index in [9.17, 15) is 0 Å². The minimum atomic E-state index is 0.421. The number of rotatable bonds is 3. The zero-order valence-corrected chi connectivity index (χ0v) is 16.0. The van der Waals surface area contributed by atoms with E-state index in [1.54, 1.807) is 0 Å². The van der Waals surface area contributed by atoms with E-state index in [2.05, 4.69) is 31.0 Å². The molecule has 1 aliphatic rings. The molecule has 0 saturated heterocycles. The molecule has 0 spiro atoms. The average Bonchev–Trinajstić information content (AvgIpc) is 3.04. The first-order valence-corrected chi connectivity index (χ1v) is 9.43. The molecule has 2 atom stereocenters. The minimum absolute atomic E-state index is 0.421. The third-order valence-corrected chi connectivity index (χ3v) is 5.71. The van der Waals surface area contributed by atoms with Gasteiger partial charge in [-0.15, -0.1) is 5.10 Å². The van der Waals surface area contributed by atoms with Gasteiger partial charge in [0.15, 0.2) is 5.76 Å². The van der Waals surface area contributed by atoms with Gasteiger partial charge in [0.25, 0.3) is 0 Å². The molecule has 0 aliphatic heterocycles. The largest absolute Gasteiger partial charge is 0.453 e. The second kappa shape index (κ2) is 5.78. The van der Waals surface area contributed by atoms with Crippen LogP contribution in [-0.2, 0) is 0 Å². The normalized spacial score (nSPS) is 21.7. The van der Waals surface area contributed by atoms with Crippen molar-refractivity contribution < 1.29 is 4.42 Å². The number of aromatic nitrogens is 4. The number of benzene rings is 1. The second-order valence-corrected chi connectivity index (χ2v) is 7.71. The molecule has 1 aromatic carbocycles. The van der Waals surface area contributed by atoms with E-state index < -0.39 is 0 Å². The van der Waals surface area contributed by atoms with Crippen molar-refractivity contribution in [2.75, 3.05) is 0 Å². The van der Waals surface area contributed by atoms with Gasteiger partial charge in [0.2, 0.25) is 5.82 Å². The van der Waals surface area contributed by atoms with Gasteiger partial charge in [0.1, 0.15) is 11.4 Å². The summed E-state index contributed by atoms with van der Waals surface area (Å²) in [4.78, 5) is 9.41. The predicted molar refractivity (Wildman–Crippen MR) is 105 cm³/mol. The molecular weight excluding hydrogens is 336 g/mol. The third kappa shape index (κ3) is 2.65. The van der Waals surface area contributed by atoms with Gasteiger partial charge in [-0.3, -0.25) is 4.98 Å². The predicted octanol–water partition coefficient (Wildman–Crippen LogP) is 5.06. The first-order valence-electron chi connectivity index (χ1n) is 9.43. The highest BCUT2D eigenvalue weighted by molar-refractivity contribution is 5.81. The van der Waals surface area contributed by atoms with Gasteiger partial charge < -0.3 is 4.42 Å². The molecule has 1 fully saturated rings. The van der Waals surface area contributed by atoms with E-state index in [0.717, 1.165) is 33.9 Å². The van der Waals surface area contributed by atoms with Crippen molar-refractivity contribution in [1.82, 2.24) is 19.7 Å². The Hall–Kier alpha value is -2.95. The van der Waals surface area contributed by atoms with E-state index in [1.165, 1.54) is 0 Å². The van der Waals surface area contributed by atoms with Crippen molar-refractivity contribution in [3.63, 3.8) is 0 Å². The number of para-hydroxylation sites is 1. The van der Waals surface area contributed by atoms with E-state index in [4.69, 9.17) is 14.5 Å². The van der Waals surface area contributed by atoms with Crippen LogP contribution in [0.3, 0.4) is 0 Å². The molecule has 0 N–H and O–H groups in total. The van der Waals surface area contributed by atoms with E-state index in [1.807, 2.05) is 48.9 Å². The summed E-state index contributed by atoms with van der Waals surface area (Å²) >= 11 is 0. The van der Waals surface area contributed by atoms with Crippen LogP contribution in [0.4, 0.5) is 0 Å². The number of aryl methyl sites for hydroxylation is 2. The first-order chi connectivity index (χ1) is 13.0. The molecule has 5 heteroatoms. The fourth-order valence-corrected chi connectivity index (χ4v) is 3.99. The monoisotopic (exact) mass is 358 g/mol. The quantitative estimate of drug-likeness (QED) is 0.513. The number of fused-ring (bicyclic) bond motifs is 1. The second-order valence-electron chi connectivity index (χ2n) is 7.71. The molecule has 27 heavy (non-hydrogen) atoms. The highest BCUT2D eigenvalue weighted by Gasteiger charge is 2.47. The van der Waals surface area contributed by atoms with Gasteiger partial charge in [-0.1, -0.05) is 32.0 Å². The van der Waals surface area contributed by atoms with Crippen molar-refractivity contribution >= 4 is 11.0 Å². The van der Waals surface area contributed by atoms with Crippen molar-refractivity contribution in [2.24, 2.45) is 11.8 Å². The van der Waals surface area contributed by atoms with Crippen LogP contribution in [0.25, 0.3) is 28.2 Å². The van der Waals surface area contributed by atoms with Crippen molar-refractivity contribution in [3.8, 4) is 17.3 Å². The smallest absolute Gasteiger partial charge is 0.217 e. The maximum atomic E-state index is 6.01. The molecule has 0 bridgehead atoms. The molecule has 136 valence electrons. The number of nitrogens with zero attached hydrogens (tertiary/aromatic N) is 4. The Balaban J connectivity index is 1.67. The molecule has 3 aromatic heterocycles. The Morgan fingerprint density at radius 2 is 1.63 bits per heavy atom. The molecule has 4 aromatic rings. The lowest BCUT2D eigenvalue weighted by Crippen LogP contribution is -2.04. The van der Waals surface area contributed by atoms with E-state index in [0.29, 0.717) is 29.3 Å². The fourth-order valence-electron chi connectivity index (χ4n) is 3.99. The topological polar surface area (TPSA) is 56.7 Å². The lowest BCUT2D eigenvalue weighted by Gasteiger charge is -2.07. The zero-order chi connectivity index (χ0) is 18.7. The lowest BCUT2D eigenvalue weighted by atomic mass is 10.2. The standard InChI is InChI=1S/C22H22N4O/c1-12-9-17(10-13(2)23-12)26-22(20-14(3)15(20)4)24-21(25-26)19-11-16-7-5-6-8-18(16)27-19/h5-11,14-15,20H,1-4H3/t14-,15-/m1/s1. The molecule has 3 heterocycles. The van der Waals surface area contributed by atoms with Gasteiger partial charge in [0.05, 0.1) is 5.69 Å². The summed E-state index contributed by atoms with van der Waals surface area (Å²) in [5, 5.41) is 5.91. The SMILES string of the molecule is Cc1cc(-n2nc(-c3cc4ccccc4o3)nc2C2[C@H](C)[C@H]2C)cc(C)n1. The Morgan fingerprint density at radius 3 is 2.30 bits per heavy atom. The maximum absolute atomic E-state index is 6.01. The van der Waals surface area contributed by atoms with Gasteiger partial charge in [-0.2, -0.15) is 0 Å². The number of pyridine rings is 1. The fraction of sp³-hybridized carbons (Fsp3) is 0.318. The molecule has 1 aliphatic carbocycles. The van der Waals surface area contributed by atoms with Crippen LogP contribution in [0.15, 0.2) is 46.9 Å². The van der Waals surface area contributed by atoms with Crippen LogP contribution in [0.5, 0.6) is 0 Å². The summed E-state index contributed by atoms with van der Waals surface area (Å²) in [6.07, 6.45) is 0. The van der Waals surface area contributed by atoms with Crippen LogP contribution in [0.2, 0.25) is 0 Å². The van der Waals surface area contributed by atoms with E-state index in [-0.39, 0.29) is 0 Å². The van der Waals surface area contributed by atoms with Crippen LogP contribution in [0, 0.1) is 25.7 Å². The van der Waals surface area contributed by atoms with E-state index >= 15 is 0 Å². The Bertz CT molecular complexity index is 1100. The van der Waals surface area contributed by atoms with Crippen LogP contribution in [0.1, 0.15) is 37.0 Å². The molecule has 1 saturated carbocycles. The van der Waals surface area contributed by atoms with Crippen molar-refractivity contribution in [1.29, 1.82) is 0 Å². The first kappa shape index (κ1) is 16.2. The van der Waals surface area contributed by atoms with Crippen molar-refractivity contribution in [3.05, 3.63) is 59.7 Å². The number of hydrogen-bond donors (Lipinski definition) is 0. The Kier molecular flexibility index (Phi) is 3.47. The van der Waals surface area contributed by atoms with Crippen molar-refractivity contribution in [2.45, 2.75) is 33.6 Å². The molecule has 0 amide bonds. The summed E-state index contributed by atoms with van der Waals surface area (Å²) in [6.45, 7) is 8.57. The summed E-state index contributed by atoms with van der Waals surface area (Å²) < 4.78 is 7.99. The third-order valence-electron chi connectivity index (χ3n) is 5.71. The molecule has 5 nitrogen and oxygen atoms in total. The number of furan rings is 1. The highest BCUT2D eigenvalue weighted by atomic mass is 16.3. The Labute approximate surface area is 158 Å². The maximum Gasteiger partial charge on any atom is 0.217 e. The zero-order valence-electron chi connectivity index (χ0n) is 16.0. The van der Waals surface area contributed by atoms with Crippen LogP contribution in [-0.4, -0.2) is 19.7 Å². The minimum Gasteiger partial charge on any atom is -0.453 e. The van der Waals surface area contributed by atoms with Gasteiger partial charge in [-0.05, 0) is 49.9 Å². The molecule has 5 rings (SSSR count). The molecule has 0 unspecified atom stereocenters. The van der Waals surface area contributed by atoms with Crippen LogP contribution < -0.4 is 0 Å². The highest BCUT2D eigenvalue weighted by Crippen LogP contribution is 2.53. The summed E-state index contributed by atoms with van der Waals surface area (Å²) in [5.41, 5.74) is 3.83. The summed E-state index contributed by atoms with van der Waals surface area (Å²) in [6, 6.07) is 14.1. The van der Waals surface area contributed by atoms with Crippen LogP contribution >= 0.6 is 0 Å². The van der Waals surface area contributed by atoms with Gasteiger partial charge in [-0.25, -0.2) is 9.67 Å². The van der Waals surface area contributed by atoms with Gasteiger partial charge in [0, 0.05) is 22.7 Å². The molecular formula is C22H22N4O. The Morgan fingerprint density at radius 1 is 0.926 bits per heavy atom. The van der Waals surface area contributed by atoms with Gasteiger partial charge >= 0.3 is 0 Å². The summed E-state index contributed by atoms with van der Waals surface area (Å²) in [5.74, 6) is 4.00. The average molecular weight is 358 g/mol. The summed E-state index contributed by atoms with van der Waals surface area (Å²) in [7, 11) is 0. The molecule has 0 radical (unpaired) electrons.